The van der Waals surface area contributed by atoms with Crippen molar-refractivity contribution in [2.75, 3.05) is 6.54 Å². The van der Waals surface area contributed by atoms with Crippen molar-refractivity contribution in [3.63, 3.8) is 0 Å². The molecule has 2 rings (SSSR count). The first-order valence-corrected chi connectivity index (χ1v) is 6.26. The third-order valence-corrected chi connectivity index (χ3v) is 3.88. The van der Waals surface area contributed by atoms with Crippen LogP contribution in [0.25, 0.3) is 0 Å². The lowest BCUT2D eigenvalue weighted by Gasteiger charge is -2.30. The van der Waals surface area contributed by atoms with Gasteiger partial charge in [0.25, 0.3) is 0 Å². The van der Waals surface area contributed by atoms with Crippen LogP contribution in [-0.4, -0.2) is 35.3 Å². The fourth-order valence-corrected chi connectivity index (χ4v) is 2.88. The number of likely N-dealkylation sites (N-methyl/N-ethyl adjacent to an activating group) is 1. The predicted octanol–water partition coefficient (Wildman–Crippen LogP) is 0.912. The van der Waals surface area contributed by atoms with Crippen molar-refractivity contribution in [2.24, 2.45) is 5.92 Å². The summed E-state index contributed by atoms with van der Waals surface area (Å²) in [6.45, 7) is 4.37. The molecule has 0 radical (unpaired) electrons. The lowest BCUT2D eigenvalue weighted by Crippen LogP contribution is -2.44. The molecule has 2 amide bonds. The van der Waals surface area contributed by atoms with Gasteiger partial charge in [-0.15, -0.1) is 0 Å². The Balaban J connectivity index is 2.25. The number of hydrogen-bond donors (Lipinski definition) is 1. The Morgan fingerprint density at radius 2 is 2.00 bits per heavy atom. The Labute approximate surface area is 96.4 Å². The van der Waals surface area contributed by atoms with Gasteiger partial charge in [0.1, 0.15) is 6.04 Å². The first kappa shape index (κ1) is 11.4. The molecular weight excluding hydrogens is 204 g/mol. The zero-order valence-electron chi connectivity index (χ0n) is 10.0. The van der Waals surface area contributed by atoms with Crippen LogP contribution in [0.15, 0.2) is 0 Å². The van der Waals surface area contributed by atoms with E-state index in [9.17, 15) is 9.59 Å². The summed E-state index contributed by atoms with van der Waals surface area (Å²) in [5.41, 5.74) is 0. The molecule has 2 fully saturated rings. The SMILES string of the molecule is CCN1C(=O)[C@@H]2CCCC[C@@H]2NC(=O)[C@@H]1C. The molecule has 0 unspecified atom stereocenters. The van der Waals surface area contributed by atoms with Crippen molar-refractivity contribution in [1.82, 2.24) is 10.2 Å². The van der Waals surface area contributed by atoms with E-state index in [0.717, 1.165) is 25.7 Å². The molecule has 3 atom stereocenters. The standard InChI is InChI=1S/C12H20N2O2/c1-3-14-8(2)11(15)13-10-7-5-4-6-9(10)12(14)16/h8-10H,3-7H2,1-2H3,(H,13,15)/t8-,9+,10-/m0/s1. The van der Waals surface area contributed by atoms with Gasteiger partial charge in [-0.2, -0.15) is 0 Å². The first-order valence-electron chi connectivity index (χ1n) is 6.26. The molecule has 2 aliphatic rings. The Morgan fingerprint density at radius 3 is 2.69 bits per heavy atom. The van der Waals surface area contributed by atoms with Crippen molar-refractivity contribution >= 4 is 11.8 Å². The molecule has 0 aromatic carbocycles. The number of fused-ring (bicyclic) bond motifs is 1. The Bertz CT molecular complexity index is 303. The smallest absolute Gasteiger partial charge is 0.242 e. The maximum atomic E-state index is 12.3. The topological polar surface area (TPSA) is 49.4 Å². The second-order valence-electron chi connectivity index (χ2n) is 4.81. The van der Waals surface area contributed by atoms with Crippen molar-refractivity contribution in [3.8, 4) is 0 Å². The Morgan fingerprint density at radius 1 is 1.31 bits per heavy atom. The van der Waals surface area contributed by atoms with Gasteiger partial charge in [0.15, 0.2) is 0 Å². The second-order valence-corrected chi connectivity index (χ2v) is 4.81. The summed E-state index contributed by atoms with van der Waals surface area (Å²) in [5, 5.41) is 3.02. The van der Waals surface area contributed by atoms with E-state index >= 15 is 0 Å². The molecule has 90 valence electrons. The summed E-state index contributed by atoms with van der Waals surface area (Å²) < 4.78 is 0. The summed E-state index contributed by atoms with van der Waals surface area (Å²) >= 11 is 0. The summed E-state index contributed by atoms with van der Waals surface area (Å²) in [6.07, 6.45) is 4.10. The van der Waals surface area contributed by atoms with E-state index in [2.05, 4.69) is 5.32 Å². The number of carbonyl (C=O) groups is 2. The fraction of sp³-hybridized carbons (Fsp3) is 0.833. The predicted molar refractivity (Wildman–Crippen MR) is 60.7 cm³/mol. The molecule has 1 saturated heterocycles. The third-order valence-electron chi connectivity index (χ3n) is 3.88. The minimum Gasteiger partial charge on any atom is -0.351 e. The van der Waals surface area contributed by atoms with E-state index in [1.54, 1.807) is 4.90 Å². The zero-order chi connectivity index (χ0) is 11.7. The number of nitrogens with zero attached hydrogens (tertiary/aromatic N) is 1. The highest BCUT2D eigenvalue weighted by atomic mass is 16.2. The Hall–Kier alpha value is -1.06. The molecule has 0 aromatic rings. The summed E-state index contributed by atoms with van der Waals surface area (Å²) in [4.78, 5) is 25.9. The van der Waals surface area contributed by atoms with Gasteiger partial charge in [-0.1, -0.05) is 12.8 Å². The van der Waals surface area contributed by atoms with E-state index in [0.29, 0.717) is 6.54 Å². The highest BCUT2D eigenvalue weighted by Crippen LogP contribution is 2.28. The molecule has 0 spiro atoms. The molecule has 1 aliphatic heterocycles. The molecule has 0 bridgehead atoms. The molecule has 4 heteroatoms. The quantitative estimate of drug-likeness (QED) is 0.720. The largest absolute Gasteiger partial charge is 0.351 e. The number of nitrogens with one attached hydrogen (secondary N) is 1. The average molecular weight is 224 g/mol. The molecule has 1 N–H and O–H groups in total. The highest BCUT2D eigenvalue weighted by molar-refractivity contribution is 5.91. The van der Waals surface area contributed by atoms with Gasteiger partial charge in [-0.05, 0) is 26.7 Å². The van der Waals surface area contributed by atoms with Gasteiger partial charge in [0.05, 0.1) is 5.92 Å². The number of rotatable bonds is 1. The van der Waals surface area contributed by atoms with Crippen LogP contribution in [0, 0.1) is 5.92 Å². The maximum Gasteiger partial charge on any atom is 0.242 e. The van der Waals surface area contributed by atoms with Gasteiger partial charge in [0.2, 0.25) is 11.8 Å². The van der Waals surface area contributed by atoms with Crippen LogP contribution in [0.2, 0.25) is 0 Å². The lowest BCUT2D eigenvalue weighted by molar-refractivity contribution is -0.140. The minimum absolute atomic E-state index is 0.00426. The van der Waals surface area contributed by atoms with Gasteiger partial charge in [-0.3, -0.25) is 9.59 Å². The van der Waals surface area contributed by atoms with Crippen molar-refractivity contribution in [2.45, 2.75) is 51.6 Å². The van der Waals surface area contributed by atoms with Crippen LogP contribution >= 0.6 is 0 Å². The van der Waals surface area contributed by atoms with E-state index < -0.39 is 0 Å². The van der Waals surface area contributed by atoms with Gasteiger partial charge in [0, 0.05) is 12.6 Å². The number of amides is 2. The van der Waals surface area contributed by atoms with Crippen molar-refractivity contribution < 1.29 is 9.59 Å². The molecule has 4 nitrogen and oxygen atoms in total. The molecule has 0 aromatic heterocycles. The van der Waals surface area contributed by atoms with Crippen molar-refractivity contribution in [1.29, 1.82) is 0 Å². The van der Waals surface area contributed by atoms with Crippen LogP contribution in [0.4, 0.5) is 0 Å². The van der Waals surface area contributed by atoms with Crippen LogP contribution in [0.3, 0.4) is 0 Å². The van der Waals surface area contributed by atoms with Crippen LogP contribution < -0.4 is 5.32 Å². The molecule has 1 saturated carbocycles. The fourth-order valence-electron chi connectivity index (χ4n) is 2.88. The monoisotopic (exact) mass is 224 g/mol. The first-order chi connectivity index (χ1) is 7.65. The number of hydrogen-bond acceptors (Lipinski definition) is 2. The third kappa shape index (κ3) is 1.81. The summed E-state index contributed by atoms with van der Waals surface area (Å²) in [7, 11) is 0. The van der Waals surface area contributed by atoms with Gasteiger partial charge >= 0.3 is 0 Å². The normalized spacial score (nSPS) is 35.4. The van der Waals surface area contributed by atoms with Crippen LogP contribution in [0.5, 0.6) is 0 Å². The molecule has 16 heavy (non-hydrogen) atoms. The minimum atomic E-state index is -0.317. The van der Waals surface area contributed by atoms with Gasteiger partial charge < -0.3 is 10.2 Å². The van der Waals surface area contributed by atoms with Crippen molar-refractivity contribution in [3.05, 3.63) is 0 Å². The molecule has 1 heterocycles. The second kappa shape index (κ2) is 4.44. The zero-order valence-corrected chi connectivity index (χ0v) is 10.0. The van der Waals surface area contributed by atoms with Crippen LogP contribution in [-0.2, 0) is 9.59 Å². The van der Waals surface area contributed by atoms with E-state index in [1.807, 2.05) is 13.8 Å². The Kier molecular flexibility index (Phi) is 3.17. The lowest BCUT2D eigenvalue weighted by atomic mass is 9.84. The van der Waals surface area contributed by atoms with Crippen LogP contribution in [0.1, 0.15) is 39.5 Å². The van der Waals surface area contributed by atoms with E-state index in [4.69, 9.17) is 0 Å². The average Bonchev–Trinajstić information content (AvgIpc) is 2.37. The van der Waals surface area contributed by atoms with E-state index in [-0.39, 0.29) is 29.8 Å². The number of carbonyl (C=O) groups excluding carboxylic acids is 2. The molecule has 1 aliphatic carbocycles. The summed E-state index contributed by atoms with van der Waals surface area (Å²) in [6, 6.07) is -0.240. The van der Waals surface area contributed by atoms with E-state index in [1.165, 1.54) is 0 Å². The summed E-state index contributed by atoms with van der Waals surface area (Å²) in [5.74, 6) is 0.185. The molecular formula is C12H20N2O2. The van der Waals surface area contributed by atoms with Gasteiger partial charge in [-0.25, -0.2) is 0 Å². The highest BCUT2D eigenvalue weighted by Gasteiger charge is 2.40. The maximum absolute atomic E-state index is 12.3.